The minimum atomic E-state index is -2.49. The number of halogens is 2. The van der Waals surface area contributed by atoms with Crippen molar-refractivity contribution in [1.29, 1.82) is 0 Å². The molecule has 0 aliphatic carbocycles. The molecule has 0 fully saturated rings. The minimum absolute atomic E-state index is 0.0552. The number of hydrogen-bond donors (Lipinski definition) is 2. The molecule has 0 aliphatic heterocycles. The van der Waals surface area contributed by atoms with Gasteiger partial charge in [-0.3, -0.25) is 4.90 Å². The highest BCUT2D eigenvalue weighted by atomic mass is 19.3. The highest BCUT2D eigenvalue weighted by molar-refractivity contribution is 5.13. The van der Waals surface area contributed by atoms with Crippen molar-refractivity contribution in [3.8, 4) is 0 Å². The number of nitrogens with zero attached hydrogens (tertiary/aromatic N) is 1. The highest BCUT2D eigenvalue weighted by Crippen LogP contribution is 2.03. The van der Waals surface area contributed by atoms with Gasteiger partial charge in [0.25, 0.3) is 6.43 Å². The van der Waals surface area contributed by atoms with Gasteiger partial charge in [-0.1, -0.05) is 30.3 Å². The van der Waals surface area contributed by atoms with Crippen LogP contribution in [0.2, 0.25) is 0 Å². The van der Waals surface area contributed by atoms with Crippen LogP contribution in [-0.4, -0.2) is 60.5 Å². The summed E-state index contributed by atoms with van der Waals surface area (Å²) in [4.78, 5) is 1.32. The van der Waals surface area contributed by atoms with Gasteiger partial charge in [0, 0.05) is 13.1 Å². The van der Waals surface area contributed by atoms with Crippen molar-refractivity contribution in [3.05, 3.63) is 35.9 Å². The van der Waals surface area contributed by atoms with Crippen molar-refractivity contribution in [2.24, 2.45) is 0 Å². The first-order chi connectivity index (χ1) is 9.61. The topological polar surface area (TPSA) is 52.9 Å². The van der Waals surface area contributed by atoms with Gasteiger partial charge in [-0.05, 0) is 5.56 Å². The van der Waals surface area contributed by atoms with Gasteiger partial charge in [-0.15, -0.1) is 0 Å². The van der Waals surface area contributed by atoms with Gasteiger partial charge in [0.2, 0.25) is 0 Å². The quantitative estimate of drug-likeness (QED) is 0.678. The number of ether oxygens (including phenoxy) is 1. The second-order valence-corrected chi connectivity index (χ2v) is 4.53. The van der Waals surface area contributed by atoms with Crippen LogP contribution in [-0.2, 0) is 11.3 Å². The summed E-state index contributed by atoms with van der Waals surface area (Å²) in [6.07, 6.45) is -3.34. The molecule has 0 spiro atoms. The van der Waals surface area contributed by atoms with E-state index >= 15 is 0 Å². The van der Waals surface area contributed by atoms with Gasteiger partial charge in [-0.25, -0.2) is 8.78 Å². The third kappa shape index (κ3) is 7.49. The summed E-state index contributed by atoms with van der Waals surface area (Å²) in [6, 6.07) is 9.49. The zero-order valence-corrected chi connectivity index (χ0v) is 11.3. The van der Waals surface area contributed by atoms with E-state index in [1.807, 2.05) is 30.3 Å². The molecule has 114 valence electrons. The summed E-state index contributed by atoms with van der Waals surface area (Å²) in [6.45, 7) is -0.0762. The Labute approximate surface area is 117 Å². The second-order valence-electron chi connectivity index (χ2n) is 4.53. The van der Waals surface area contributed by atoms with Crippen LogP contribution in [0.1, 0.15) is 5.56 Å². The number of aliphatic hydroxyl groups is 2. The Hall–Kier alpha value is -1.08. The van der Waals surface area contributed by atoms with E-state index < -0.39 is 19.1 Å². The molecule has 0 bridgehead atoms. The van der Waals surface area contributed by atoms with Crippen molar-refractivity contribution in [2.45, 2.75) is 19.1 Å². The lowest BCUT2D eigenvalue weighted by Crippen LogP contribution is -2.39. The smallest absolute Gasteiger partial charge is 0.251 e. The Morgan fingerprint density at radius 3 is 2.45 bits per heavy atom. The monoisotopic (exact) mass is 289 g/mol. The Bertz CT molecular complexity index is 352. The molecule has 20 heavy (non-hydrogen) atoms. The van der Waals surface area contributed by atoms with Gasteiger partial charge in [0.15, 0.2) is 0 Å². The predicted molar refractivity (Wildman–Crippen MR) is 71.6 cm³/mol. The molecule has 6 heteroatoms. The lowest BCUT2D eigenvalue weighted by atomic mass is 10.2. The van der Waals surface area contributed by atoms with Crippen LogP contribution >= 0.6 is 0 Å². The van der Waals surface area contributed by atoms with Gasteiger partial charge in [-0.2, -0.15) is 0 Å². The van der Waals surface area contributed by atoms with Crippen molar-refractivity contribution in [1.82, 2.24) is 4.90 Å². The maximum absolute atomic E-state index is 12.3. The molecule has 1 atom stereocenters. The van der Waals surface area contributed by atoms with Gasteiger partial charge in [0.05, 0.1) is 32.5 Å². The van der Waals surface area contributed by atoms with E-state index in [0.717, 1.165) is 5.56 Å². The van der Waals surface area contributed by atoms with E-state index in [-0.39, 0.29) is 26.3 Å². The van der Waals surface area contributed by atoms with Gasteiger partial charge >= 0.3 is 0 Å². The number of hydrogen-bond acceptors (Lipinski definition) is 4. The average Bonchev–Trinajstić information content (AvgIpc) is 2.39. The van der Waals surface area contributed by atoms with E-state index in [2.05, 4.69) is 0 Å². The fraction of sp³-hybridized carbons (Fsp3) is 0.571. The molecular formula is C14H21F2NO3. The molecule has 0 aromatic heterocycles. The molecular weight excluding hydrogens is 268 g/mol. The Morgan fingerprint density at radius 1 is 1.15 bits per heavy atom. The number of aliphatic hydroxyl groups excluding tert-OH is 2. The number of benzene rings is 1. The van der Waals surface area contributed by atoms with Gasteiger partial charge in [0.1, 0.15) is 0 Å². The van der Waals surface area contributed by atoms with Crippen LogP contribution in [0.4, 0.5) is 8.78 Å². The summed E-state index contributed by atoms with van der Waals surface area (Å²) >= 11 is 0. The largest absolute Gasteiger partial charge is 0.395 e. The molecule has 1 aromatic carbocycles. The fourth-order valence-electron chi connectivity index (χ4n) is 1.83. The Kier molecular flexibility index (Phi) is 8.29. The van der Waals surface area contributed by atoms with Crippen molar-refractivity contribution >= 4 is 0 Å². The van der Waals surface area contributed by atoms with E-state index in [1.165, 1.54) is 4.90 Å². The molecule has 2 N–H and O–H groups in total. The molecule has 1 rings (SSSR count). The molecule has 0 radical (unpaired) electrons. The first-order valence-corrected chi connectivity index (χ1v) is 6.53. The van der Waals surface area contributed by atoms with Crippen molar-refractivity contribution in [3.63, 3.8) is 0 Å². The van der Waals surface area contributed by atoms with Crippen LogP contribution < -0.4 is 0 Å². The molecule has 0 saturated carbocycles. The first-order valence-electron chi connectivity index (χ1n) is 6.53. The predicted octanol–water partition coefficient (Wildman–Crippen LogP) is 1.12. The average molecular weight is 289 g/mol. The standard InChI is InChI=1S/C14H21F2NO3/c15-14(16)9-17(6-7-18)8-13(19)11-20-10-12-4-2-1-3-5-12/h1-5,13-14,18-19H,6-11H2. The summed E-state index contributed by atoms with van der Waals surface area (Å²) in [5.74, 6) is 0. The number of rotatable bonds is 10. The Morgan fingerprint density at radius 2 is 1.85 bits per heavy atom. The van der Waals surface area contributed by atoms with Crippen LogP contribution in [0.15, 0.2) is 30.3 Å². The molecule has 0 aliphatic rings. The third-order valence-electron chi connectivity index (χ3n) is 2.70. The summed E-state index contributed by atoms with van der Waals surface area (Å²) in [7, 11) is 0. The van der Waals surface area contributed by atoms with Crippen molar-refractivity contribution < 1.29 is 23.7 Å². The van der Waals surface area contributed by atoms with Crippen LogP contribution in [0.25, 0.3) is 0 Å². The Balaban J connectivity index is 2.25. The van der Waals surface area contributed by atoms with Gasteiger partial charge < -0.3 is 14.9 Å². The van der Waals surface area contributed by atoms with Crippen LogP contribution in [0.3, 0.4) is 0 Å². The zero-order valence-electron chi connectivity index (χ0n) is 11.3. The van der Waals surface area contributed by atoms with E-state index in [4.69, 9.17) is 9.84 Å². The minimum Gasteiger partial charge on any atom is -0.395 e. The summed E-state index contributed by atoms with van der Waals surface area (Å²) in [5, 5.41) is 18.5. The van der Waals surface area contributed by atoms with Crippen LogP contribution in [0, 0.1) is 0 Å². The normalized spacial score (nSPS) is 13.1. The van der Waals surface area contributed by atoms with E-state index in [0.29, 0.717) is 6.61 Å². The maximum Gasteiger partial charge on any atom is 0.251 e. The van der Waals surface area contributed by atoms with E-state index in [1.54, 1.807) is 0 Å². The molecule has 0 amide bonds. The lowest BCUT2D eigenvalue weighted by Gasteiger charge is -2.23. The summed E-state index contributed by atoms with van der Waals surface area (Å²) in [5.41, 5.74) is 0.986. The van der Waals surface area contributed by atoms with E-state index in [9.17, 15) is 13.9 Å². The maximum atomic E-state index is 12.3. The third-order valence-corrected chi connectivity index (χ3v) is 2.70. The highest BCUT2D eigenvalue weighted by Gasteiger charge is 2.15. The zero-order chi connectivity index (χ0) is 14.8. The molecule has 0 saturated heterocycles. The van der Waals surface area contributed by atoms with Crippen molar-refractivity contribution in [2.75, 3.05) is 32.8 Å². The first kappa shape index (κ1) is 17.0. The molecule has 0 heterocycles. The molecule has 1 aromatic rings. The lowest BCUT2D eigenvalue weighted by molar-refractivity contribution is -0.00444. The second kappa shape index (κ2) is 9.77. The molecule has 1 unspecified atom stereocenters. The van der Waals surface area contributed by atoms with Crippen LogP contribution in [0.5, 0.6) is 0 Å². The molecule has 4 nitrogen and oxygen atoms in total. The summed E-state index contributed by atoms with van der Waals surface area (Å²) < 4.78 is 29.9. The number of alkyl halides is 2. The fourth-order valence-corrected chi connectivity index (χ4v) is 1.83. The SMILES string of the molecule is OCCN(CC(F)F)CC(O)COCc1ccccc1.